The predicted octanol–water partition coefficient (Wildman–Crippen LogP) is 5.16. The van der Waals surface area contributed by atoms with Gasteiger partial charge in [0.25, 0.3) is 0 Å². The molecule has 4 nitrogen and oxygen atoms in total. The minimum atomic E-state index is -0.511. The van der Waals surface area contributed by atoms with Gasteiger partial charge in [-0.15, -0.1) is 6.58 Å². The van der Waals surface area contributed by atoms with Crippen LogP contribution >= 0.6 is 0 Å². The first-order valence-electron chi connectivity index (χ1n) is 11.5. The Labute approximate surface area is 192 Å². The SMILES string of the molecule is C=CCNC(=O)C1(Cc2ccc(-c3cccc(C)c3)cc2)CCN(C(=O)C(C)(C)C)CC1. The molecule has 1 fully saturated rings. The van der Waals surface area contributed by atoms with Crippen molar-refractivity contribution in [3.05, 3.63) is 72.3 Å². The normalized spacial score (nSPS) is 15.8. The first-order valence-corrected chi connectivity index (χ1v) is 11.5. The molecule has 3 rings (SSSR count). The lowest BCUT2D eigenvalue weighted by atomic mass is 9.72. The lowest BCUT2D eigenvalue weighted by Gasteiger charge is -2.42. The topological polar surface area (TPSA) is 49.4 Å². The van der Waals surface area contributed by atoms with Crippen LogP contribution in [0.4, 0.5) is 0 Å². The average Bonchev–Trinajstić information content (AvgIpc) is 2.77. The Bertz CT molecular complexity index is 962. The van der Waals surface area contributed by atoms with Gasteiger partial charge in [-0.05, 0) is 42.9 Å². The largest absolute Gasteiger partial charge is 0.352 e. The molecule has 0 aromatic heterocycles. The van der Waals surface area contributed by atoms with Crippen molar-refractivity contribution in [2.45, 2.75) is 47.0 Å². The molecule has 2 aromatic carbocycles. The molecule has 1 aliphatic rings. The van der Waals surface area contributed by atoms with Crippen LogP contribution in [0.5, 0.6) is 0 Å². The van der Waals surface area contributed by atoms with Gasteiger partial charge >= 0.3 is 0 Å². The zero-order chi connectivity index (χ0) is 23.4. The van der Waals surface area contributed by atoms with Gasteiger partial charge in [0.15, 0.2) is 0 Å². The van der Waals surface area contributed by atoms with Crippen LogP contribution in [0, 0.1) is 17.8 Å². The number of hydrogen-bond acceptors (Lipinski definition) is 2. The molecule has 4 heteroatoms. The van der Waals surface area contributed by atoms with Crippen molar-refractivity contribution in [2.75, 3.05) is 19.6 Å². The summed E-state index contributed by atoms with van der Waals surface area (Å²) in [6.45, 7) is 13.3. The van der Waals surface area contributed by atoms with Gasteiger partial charge < -0.3 is 10.2 Å². The number of piperidine rings is 1. The second-order valence-corrected chi connectivity index (χ2v) is 10.1. The van der Waals surface area contributed by atoms with Crippen molar-refractivity contribution in [2.24, 2.45) is 10.8 Å². The summed E-state index contributed by atoms with van der Waals surface area (Å²) >= 11 is 0. The van der Waals surface area contributed by atoms with E-state index in [0.29, 0.717) is 38.9 Å². The number of benzene rings is 2. The number of carbonyl (C=O) groups excluding carboxylic acids is 2. The number of rotatable bonds is 6. The van der Waals surface area contributed by atoms with Gasteiger partial charge in [0.05, 0.1) is 5.41 Å². The maximum Gasteiger partial charge on any atom is 0.227 e. The Kier molecular flexibility index (Phi) is 7.22. The van der Waals surface area contributed by atoms with Crippen molar-refractivity contribution < 1.29 is 9.59 Å². The Morgan fingerprint density at radius 2 is 1.72 bits per heavy atom. The quantitative estimate of drug-likeness (QED) is 0.641. The zero-order valence-corrected chi connectivity index (χ0v) is 19.9. The average molecular weight is 433 g/mol. The molecule has 0 aliphatic carbocycles. The van der Waals surface area contributed by atoms with E-state index in [4.69, 9.17) is 0 Å². The highest BCUT2D eigenvalue weighted by atomic mass is 16.2. The van der Waals surface area contributed by atoms with Crippen LogP contribution in [0.3, 0.4) is 0 Å². The zero-order valence-electron chi connectivity index (χ0n) is 19.9. The van der Waals surface area contributed by atoms with Gasteiger partial charge in [0.1, 0.15) is 0 Å². The molecule has 0 atom stereocenters. The molecule has 1 N–H and O–H groups in total. The molecule has 1 aliphatic heterocycles. The van der Waals surface area contributed by atoms with Gasteiger partial charge in [0, 0.05) is 25.0 Å². The standard InChI is InChI=1S/C28H36N2O2/c1-6-16-29-25(31)28(14-17-30(18-15-28)26(32)27(3,4)5)20-22-10-12-23(13-11-22)24-9-7-8-21(2)19-24/h6-13,19H,1,14-18,20H2,2-5H3,(H,29,31). The van der Waals surface area contributed by atoms with Crippen LogP contribution in [0.25, 0.3) is 11.1 Å². The lowest BCUT2D eigenvalue weighted by Crippen LogP contribution is -2.53. The highest BCUT2D eigenvalue weighted by Gasteiger charge is 2.43. The van der Waals surface area contributed by atoms with Crippen LogP contribution in [0.2, 0.25) is 0 Å². The number of aryl methyl sites for hydroxylation is 1. The molecule has 0 spiro atoms. The molecule has 0 radical (unpaired) electrons. The van der Waals surface area contributed by atoms with Crippen LogP contribution in [-0.4, -0.2) is 36.3 Å². The summed E-state index contributed by atoms with van der Waals surface area (Å²) in [5.74, 6) is 0.211. The molecular formula is C28H36N2O2. The van der Waals surface area contributed by atoms with E-state index in [1.807, 2.05) is 25.7 Å². The molecule has 170 valence electrons. The van der Waals surface area contributed by atoms with Gasteiger partial charge in [-0.3, -0.25) is 9.59 Å². The molecule has 1 saturated heterocycles. The smallest absolute Gasteiger partial charge is 0.227 e. The summed E-state index contributed by atoms with van der Waals surface area (Å²) in [7, 11) is 0. The summed E-state index contributed by atoms with van der Waals surface area (Å²) in [5.41, 5.74) is 3.84. The van der Waals surface area contributed by atoms with E-state index in [0.717, 1.165) is 5.56 Å². The summed E-state index contributed by atoms with van der Waals surface area (Å²) in [5, 5.41) is 3.02. The molecule has 2 amide bonds. The Morgan fingerprint density at radius 1 is 1.06 bits per heavy atom. The van der Waals surface area contributed by atoms with E-state index >= 15 is 0 Å². The van der Waals surface area contributed by atoms with E-state index in [1.54, 1.807) is 6.08 Å². The van der Waals surface area contributed by atoms with Crippen LogP contribution in [0.1, 0.15) is 44.7 Å². The number of nitrogens with zero attached hydrogens (tertiary/aromatic N) is 1. The molecular weight excluding hydrogens is 396 g/mol. The fraction of sp³-hybridized carbons (Fsp3) is 0.429. The third-order valence-corrected chi connectivity index (χ3v) is 6.39. The third-order valence-electron chi connectivity index (χ3n) is 6.39. The molecule has 1 heterocycles. The van der Waals surface area contributed by atoms with Crippen molar-refractivity contribution in [1.82, 2.24) is 10.2 Å². The van der Waals surface area contributed by atoms with E-state index in [1.165, 1.54) is 16.7 Å². The van der Waals surface area contributed by atoms with Crippen molar-refractivity contribution in [3.8, 4) is 11.1 Å². The van der Waals surface area contributed by atoms with Gasteiger partial charge in [0.2, 0.25) is 11.8 Å². The Hall–Kier alpha value is -2.88. The third kappa shape index (κ3) is 5.48. The number of amides is 2. The monoisotopic (exact) mass is 432 g/mol. The first kappa shape index (κ1) is 23.8. The summed E-state index contributed by atoms with van der Waals surface area (Å²) in [6.07, 6.45) is 3.71. The Balaban J connectivity index is 1.79. The van der Waals surface area contributed by atoms with Crippen LogP contribution in [0.15, 0.2) is 61.2 Å². The maximum absolute atomic E-state index is 13.2. The molecule has 0 saturated carbocycles. The number of carbonyl (C=O) groups is 2. The predicted molar refractivity (Wildman–Crippen MR) is 131 cm³/mol. The fourth-order valence-corrected chi connectivity index (χ4v) is 4.48. The maximum atomic E-state index is 13.2. The summed E-state index contributed by atoms with van der Waals surface area (Å²) in [6, 6.07) is 17.0. The number of nitrogens with one attached hydrogen (secondary N) is 1. The number of hydrogen-bond donors (Lipinski definition) is 1. The minimum Gasteiger partial charge on any atom is -0.352 e. The second kappa shape index (κ2) is 9.72. The van der Waals surface area contributed by atoms with E-state index in [-0.39, 0.29) is 11.8 Å². The van der Waals surface area contributed by atoms with E-state index < -0.39 is 10.8 Å². The van der Waals surface area contributed by atoms with Gasteiger partial charge in [-0.2, -0.15) is 0 Å². The van der Waals surface area contributed by atoms with Crippen LogP contribution < -0.4 is 5.32 Å². The molecule has 32 heavy (non-hydrogen) atoms. The summed E-state index contributed by atoms with van der Waals surface area (Å²) in [4.78, 5) is 27.9. The van der Waals surface area contributed by atoms with Crippen molar-refractivity contribution in [1.29, 1.82) is 0 Å². The molecule has 0 bridgehead atoms. The van der Waals surface area contributed by atoms with Gasteiger partial charge in [-0.1, -0.05) is 80.9 Å². The van der Waals surface area contributed by atoms with E-state index in [9.17, 15) is 9.59 Å². The van der Waals surface area contributed by atoms with Crippen molar-refractivity contribution in [3.63, 3.8) is 0 Å². The number of likely N-dealkylation sites (tertiary alicyclic amines) is 1. The lowest BCUT2D eigenvalue weighted by molar-refractivity contribution is -0.145. The second-order valence-electron chi connectivity index (χ2n) is 10.1. The molecule has 0 unspecified atom stereocenters. The van der Waals surface area contributed by atoms with Crippen LogP contribution in [-0.2, 0) is 16.0 Å². The van der Waals surface area contributed by atoms with Gasteiger partial charge in [-0.25, -0.2) is 0 Å². The highest BCUT2D eigenvalue weighted by molar-refractivity contribution is 5.85. The molecule has 2 aromatic rings. The van der Waals surface area contributed by atoms with Crippen molar-refractivity contribution >= 4 is 11.8 Å². The minimum absolute atomic E-state index is 0.0584. The fourth-order valence-electron chi connectivity index (χ4n) is 4.48. The Morgan fingerprint density at radius 3 is 2.28 bits per heavy atom. The first-order chi connectivity index (χ1) is 15.1. The summed E-state index contributed by atoms with van der Waals surface area (Å²) < 4.78 is 0. The van der Waals surface area contributed by atoms with E-state index in [2.05, 4.69) is 67.4 Å². The highest BCUT2D eigenvalue weighted by Crippen LogP contribution is 2.37.